The lowest BCUT2D eigenvalue weighted by atomic mass is 10.0. The standard InChI is InChI=1S/C24H26F3N7O5/c1-23(2,3)39-22(35)31-9-16-11-38-12-17(10-31)33(16)21-18-8-28-32(13-24(25,26)27)20(18)29-19(30-21)14-4-6-15(7-5-14)34(36)37/h4-8,16-17H,9-13H2,1-3H3. The van der Waals surface area contributed by atoms with Crippen molar-refractivity contribution in [3.63, 3.8) is 0 Å². The Morgan fingerprint density at radius 3 is 2.33 bits per heavy atom. The van der Waals surface area contributed by atoms with Crippen molar-refractivity contribution in [3.05, 3.63) is 40.6 Å². The molecular formula is C24H26F3N7O5. The first-order valence-corrected chi connectivity index (χ1v) is 12.2. The summed E-state index contributed by atoms with van der Waals surface area (Å²) in [4.78, 5) is 36.0. The van der Waals surface area contributed by atoms with Gasteiger partial charge in [-0.3, -0.25) is 10.1 Å². The van der Waals surface area contributed by atoms with Gasteiger partial charge >= 0.3 is 12.3 Å². The maximum Gasteiger partial charge on any atom is 0.410 e. The van der Waals surface area contributed by atoms with Gasteiger partial charge in [-0.1, -0.05) is 0 Å². The van der Waals surface area contributed by atoms with E-state index in [1.807, 2.05) is 4.90 Å². The number of benzene rings is 1. The van der Waals surface area contributed by atoms with Crippen molar-refractivity contribution in [1.82, 2.24) is 24.6 Å². The lowest BCUT2D eigenvalue weighted by Crippen LogP contribution is -2.66. The molecule has 5 rings (SSSR count). The predicted molar refractivity (Wildman–Crippen MR) is 132 cm³/mol. The average molecular weight is 550 g/mol. The molecule has 2 aliphatic rings. The largest absolute Gasteiger partial charge is 0.444 e. The molecule has 0 spiro atoms. The van der Waals surface area contributed by atoms with Crippen molar-refractivity contribution >= 4 is 28.6 Å². The zero-order chi connectivity index (χ0) is 28.1. The molecule has 2 atom stereocenters. The molecule has 3 aromatic rings. The molecular weight excluding hydrogens is 523 g/mol. The fraction of sp³-hybridized carbons (Fsp3) is 0.500. The minimum atomic E-state index is -4.54. The number of carbonyl (C=O) groups is 1. The van der Waals surface area contributed by atoms with Crippen LogP contribution in [-0.2, 0) is 16.0 Å². The van der Waals surface area contributed by atoms with Crippen LogP contribution in [0.15, 0.2) is 30.5 Å². The topological polar surface area (TPSA) is 129 Å². The molecule has 39 heavy (non-hydrogen) atoms. The lowest BCUT2D eigenvalue weighted by molar-refractivity contribution is -0.384. The van der Waals surface area contributed by atoms with Gasteiger partial charge in [0.1, 0.15) is 18.0 Å². The molecule has 1 aromatic carbocycles. The second-order valence-corrected chi connectivity index (χ2v) is 10.5. The van der Waals surface area contributed by atoms with Gasteiger partial charge in [-0.2, -0.15) is 18.3 Å². The van der Waals surface area contributed by atoms with Crippen LogP contribution in [0.3, 0.4) is 0 Å². The van der Waals surface area contributed by atoms with Crippen LogP contribution >= 0.6 is 0 Å². The Hall–Kier alpha value is -4.01. The number of hydrogen-bond donors (Lipinski definition) is 0. The van der Waals surface area contributed by atoms with Crippen LogP contribution in [0, 0.1) is 10.1 Å². The van der Waals surface area contributed by atoms with Crippen molar-refractivity contribution in [2.24, 2.45) is 0 Å². The Morgan fingerprint density at radius 1 is 1.13 bits per heavy atom. The van der Waals surface area contributed by atoms with E-state index in [9.17, 15) is 28.1 Å². The Labute approximate surface area is 220 Å². The van der Waals surface area contributed by atoms with Crippen molar-refractivity contribution in [1.29, 1.82) is 0 Å². The Morgan fingerprint density at radius 2 is 1.77 bits per heavy atom. The van der Waals surface area contributed by atoms with Gasteiger partial charge < -0.3 is 19.3 Å². The molecule has 0 aliphatic carbocycles. The van der Waals surface area contributed by atoms with Gasteiger partial charge in [0.25, 0.3) is 5.69 Å². The van der Waals surface area contributed by atoms with E-state index in [1.165, 1.54) is 30.5 Å². The highest BCUT2D eigenvalue weighted by atomic mass is 19.4. The third-order valence-corrected chi connectivity index (χ3v) is 6.31. The van der Waals surface area contributed by atoms with Crippen LogP contribution in [0.2, 0.25) is 0 Å². The van der Waals surface area contributed by atoms with Gasteiger partial charge in [0.2, 0.25) is 0 Å². The summed E-state index contributed by atoms with van der Waals surface area (Å²) in [5.41, 5.74) is -0.464. The second kappa shape index (κ2) is 9.63. The SMILES string of the molecule is CC(C)(C)OC(=O)N1CC2COCC(C1)N2c1nc(-c2ccc([N+](=O)[O-])cc2)nc2c1cnn2CC(F)(F)F. The number of fused-ring (bicyclic) bond motifs is 3. The number of amides is 1. The molecule has 2 fully saturated rings. The van der Waals surface area contributed by atoms with E-state index >= 15 is 0 Å². The van der Waals surface area contributed by atoms with Crippen LogP contribution < -0.4 is 4.90 Å². The maximum atomic E-state index is 13.3. The van der Waals surface area contributed by atoms with E-state index < -0.39 is 29.3 Å². The number of piperazine rings is 1. The Balaban J connectivity index is 1.58. The van der Waals surface area contributed by atoms with E-state index in [1.54, 1.807) is 25.7 Å². The molecule has 2 aliphatic heterocycles. The maximum absolute atomic E-state index is 13.3. The molecule has 12 nitrogen and oxygen atoms in total. The van der Waals surface area contributed by atoms with Crippen molar-refractivity contribution < 1.29 is 32.4 Å². The number of nitro benzene ring substituents is 1. The van der Waals surface area contributed by atoms with Crippen LogP contribution in [0.1, 0.15) is 20.8 Å². The van der Waals surface area contributed by atoms with Crippen molar-refractivity contribution in [2.45, 2.75) is 51.2 Å². The molecule has 2 aromatic heterocycles. The van der Waals surface area contributed by atoms with Gasteiger partial charge in [-0.05, 0) is 32.9 Å². The number of non-ortho nitro benzene ring substituents is 1. The predicted octanol–water partition coefficient (Wildman–Crippen LogP) is 3.79. The van der Waals surface area contributed by atoms with Crippen LogP contribution in [0.5, 0.6) is 0 Å². The fourth-order valence-electron chi connectivity index (χ4n) is 4.77. The fourth-order valence-corrected chi connectivity index (χ4v) is 4.77. The number of carbonyl (C=O) groups excluding carboxylic acids is 1. The third kappa shape index (κ3) is 5.57. The van der Waals surface area contributed by atoms with Gasteiger partial charge in [-0.25, -0.2) is 19.4 Å². The van der Waals surface area contributed by atoms with E-state index in [2.05, 4.69) is 10.1 Å². The highest BCUT2D eigenvalue weighted by molar-refractivity contribution is 5.89. The number of halogens is 3. The summed E-state index contributed by atoms with van der Waals surface area (Å²) in [5, 5.41) is 15.4. The molecule has 2 bridgehead atoms. The number of morpholine rings is 1. The number of nitro groups is 1. The monoisotopic (exact) mass is 549 g/mol. The number of alkyl halides is 3. The van der Waals surface area contributed by atoms with Gasteiger partial charge in [0.05, 0.1) is 41.8 Å². The average Bonchev–Trinajstić information content (AvgIpc) is 3.22. The minimum absolute atomic E-state index is 0.0285. The number of hydrogen-bond acceptors (Lipinski definition) is 9. The Bertz CT molecular complexity index is 1390. The quantitative estimate of drug-likeness (QED) is 0.353. The highest BCUT2D eigenvalue weighted by Gasteiger charge is 2.43. The van der Waals surface area contributed by atoms with Crippen LogP contribution in [0.25, 0.3) is 22.4 Å². The first-order valence-electron chi connectivity index (χ1n) is 12.2. The summed E-state index contributed by atoms with van der Waals surface area (Å²) in [6.07, 6.45) is -3.70. The zero-order valence-corrected chi connectivity index (χ0v) is 21.4. The zero-order valence-electron chi connectivity index (χ0n) is 21.4. The summed E-state index contributed by atoms with van der Waals surface area (Å²) in [6.45, 7) is 4.99. The van der Waals surface area contributed by atoms with Crippen LogP contribution in [0.4, 0.5) is 29.5 Å². The summed E-state index contributed by atoms with van der Waals surface area (Å²) in [6, 6.07) is 4.71. The molecule has 4 heterocycles. The van der Waals surface area contributed by atoms with E-state index in [4.69, 9.17) is 14.5 Å². The number of nitrogens with zero attached hydrogens (tertiary/aromatic N) is 7. The summed E-state index contributed by atoms with van der Waals surface area (Å²) in [7, 11) is 0. The normalized spacial score (nSPS) is 19.8. The van der Waals surface area contributed by atoms with E-state index in [-0.39, 0.29) is 55.5 Å². The van der Waals surface area contributed by atoms with Crippen molar-refractivity contribution in [3.8, 4) is 11.4 Å². The third-order valence-electron chi connectivity index (χ3n) is 6.31. The van der Waals surface area contributed by atoms with Gasteiger partial charge in [0.15, 0.2) is 11.5 Å². The first-order chi connectivity index (χ1) is 18.3. The smallest absolute Gasteiger partial charge is 0.410 e. The van der Waals surface area contributed by atoms with E-state index in [0.29, 0.717) is 16.8 Å². The molecule has 2 saturated heterocycles. The minimum Gasteiger partial charge on any atom is -0.444 e. The summed E-state index contributed by atoms with van der Waals surface area (Å²) >= 11 is 0. The van der Waals surface area contributed by atoms with Gasteiger partial charge in [-0.15, -0.1) is 0 Å². The molecule has 0 saturated carbocycles. The van der Waals surface area contributed by atoms with Gasteiger partial charge in [0, 0.05) is 30.8 Å². The first kappa shape index (κ1) is 26.6. The number of ether oxygens (including phenoxy) is 2. The lowest BCUT2D eigenvalue weighted by Gasteiger charge is -2.50. The summed E-state index contributed by atoms with van der Waals surface area (Å²) < 4.78 is 52.0. The molecule has 2 unspecified atom stereocenters. The van der Waals surface area contributed by atoms with Crippen LogP contribution in [-0.4, -0.2) is 85.8 Å². The number of aromatic nitrogens is 4. The number of anilines is 1. The molecule has 15 heteroatoms. The van der Waals surface area contributed by atoms with Crippen molar-refractivity contribution in [2.75, 3.05) is 31.2 Å². The van der Waals surface area contributed by atoms with E-state index in [0.717, 1.165) is 4.68 Å². The second-order valence-electron chi connectivity index (χ2n) is 10.5. The molecule has 208 valence electrons. The summed E-state index contributed by atoms with van der Waals surface area (Å²) in [5.74, 6) is 0.439. The Kier molecular flexibility index (Phi) is 6.56. The molecule has 1 amide bonds. The number of rotatable bonds is 4. The molecule has 0 N–H and O–H groups in total. The molecule has 0 radical (unpaired) electrons. The highest BCUT2D eigenvalue weighted by Crippen LogP contribution is 2.35.